The van der Waals surface area contributed by atoms with E-state index in [-0.39, 0.29) is 0 Å². The van der Waals surface area contributed by atoms with Gasteiger partial charge in [0.05, 0.1) is 11.9 Å². The van der Waals surface area contributed by atoms with Gasteiger partial charge in [-0.15, -0.1) is 0 Å². The standard InChI is InChI=1S/C8H8O3/c9-7-4-2-1-3-6(7)5-8(10)11/h1-4,9H,5H2,(H,10,11)/i1D,2D,3D,4D,5D2. The molecule has 3 nitrogen and oxygen atoms in total. The molecule has 1 aromatic rings. The molecule has 11 heavy (non-hydrogen) atoms. The third kappa shape index (κ3) is 1.97. The summed E-state index contributed by atoms with van der Waals surface area (Å²) < 4.78 is 43.6. The van der Waals surface area contributed by atoms with Gasteiger partial charge in [0.25, 0.3) is 0 Å². The Hall–Kier alpha value is -1.51. The van der Waals surface area contributed by atoms with Gasteiger partial charge < -0.3 is 10.2 Å². The number of para-hydroxylation sites is 1. The quantitative estimate of drug-likeness (QED) is 0.675. The average molecular weight is 158 g/mol. The number of benzene rings is 1. The summed E-state index contributed by atoms with van der Waals surface area (Å²) in [4.78, 5) is 10.7. The van der Waals surface area contributed by atoms with Crippen LogP contribution in [0.2, 0.25) is 0 Å². The molecular formula is C8H8O3. The molecule has 2 N–H and O–H groups in total. The highest BCUT2D eigenvalue weighted by atomic mass is 16.4. The lowest BCUT2D eigenvalue weighted by Crippen LogP contribution is -1.99. The van der Waals surface area contributed by atoms with E-state index in [1.54, 1.807) is 0 Å². The van der Waals surface area contributed by atoms with Crippen LogP contribution >= 0.6 is 0 Å². The molecule has 0 aliphatic rings. The second-order valence-electron chi connectivity index (χ2n) is 1.65. The highest BCUT2D eigenvalue weighted by molar-refractivity contribution is 5.71. The van der Waals surface area contributed by atoms with Gasteiger partial charge in [-0.3, -0.25) is 4.79 Å². The summed E-state index contributed by atoms with van der Waals surface area (Å²) in [5.74, 6) is -3.04. The van der Waals surface area contributed by atoms with E-state index in [9.17, 15) is 9.90 Å². The van der Waals surface area contributed by atoms with Crippen molar-refractivity contribution in [3.8, 4) is 5.75 Å². The molecule has 0 fully saturated rings. The van der Waals surface area contributed by atoms with E-state index in [1.807, 2.05) is 0 Å². The molecule has 0 atom stereocenters. The monoisotopic (exact) mass is 158 g/mol. The lowest BCUT2D eigenvalue weighted by Gasteiger charge is -1.98. The van der Waals surface area contributed by atoms with Crippen LogP contribution in [0.25, 0.3) is 0 Å². The van der Waals surface area contributed by atoms with E-state index in [4.69, 9.17) is 13.3 Å². The summed E-state index contributed by atoms with van der Waals surface area (Å²) in [6.45, 7) is 0. The molecule has 0 aromatic heterocycles. The van der Waals surface area contributed by atoms with Crippen molar-refractivity contribution in [3.63, 3.8) is 0 Å². The van der Waals surface area contributed by atoms with Gasteiger partial charge in [0.15, 0.2) is 0 Å². The molecule has 0 spiro atoms. The van der Waals surface area contributed by atoms with Crippen LogP contribution in [0.4, 0.5) is 0 Å². The fourth-order valence-corrected chi connectivity index (χ4v) is 0.503. The Bertz CT molecular complexity index is 470. The van der Waals surface area contributed by atoms with Gasteiger partial charge in [-0.2, -0.15) is 0 Å². The van der Waals surface area contributed by atoms with Crippen molar-refractivity contribution in [3.05, 3.63) is 29.7 Å². The SMILES string of the molecule is [2H]c1c([2H])c([2H])c(C([2H])([2H])C(=O)O)c(O)c1[2H]. The van der Waals surface area contributed by atoms with E-state index < -0.39 is 47.8 Å². The topological polar surface area (TPSA) is 57.5 Å². The van der Waals surface area contributed by atoms with Crippen LogP contribution in [-0.2, 0) is 11.2 Å². The minimum Gasteiger partial charge on any atom is -0.508 e. The van der Waals surface area contributed by atoms with E-state index in [0.29, 0.717) is 0 Å². The maximum atomic E-state index is 10.7. The maximum Gasteiger partial charge on any atom is 0.307 e. The molecule has 1 aromatic carbocycles. The Morgan fingerprint density at radius 3 is 2.91 bits per heavy atom. The highest BCUT2D eigenvalue weighted by Crippen LogP contribution is 2.15. The maximum absolute atomic E-state index is 10.7. The number of phenols is 1. The van der Waals surface area contributed by atoms with Crippen LogP contribution in [0.5, 0.6) is 5.75 Å². The lowest BCUT2D eigenvalue weighted by molar-refractivity contribution is -0.136. The first-order valence-corrected chi connectivity index (χ1v) is 2.65. The average Bonchev–Trinajstić information content (AvgIpc) is 2.23. The molecule has 0 bridgehead atoms. The molecular weight excluding hydrogens is 144 g/mol. The van der Waals surface area contributed by atoms with Crippen LogP contribution < -0.4 is 0 Å². The lowest BCUT2D eigenvalue weighted by atomic mass is 10.1. The number of carbonyl (C=O) groups is 1. The second kappa shape index (κ2) is 3.05. The molecule has 0 unspecified atom stereocenters. The number of hydrogen-bond donors (Lipinski definition) is 2. The Morgan fingerprint density at radius 1 is 1.64 bits per heavy atom. The van der Waals surface area contributed by atoms with E-state index in [1.165, 1.54) is 0 Å². The minimum absolute atomic E-state index is 0.752. The molecule has 0 saturated heterocycles. The van der Waals surface area contributed by atoms with E-state index >= 15 is 0 Å². The largest absolute Gasteiger partial charge is 0.508 e. The smallest absolute Gasteiger partial charge is 0.307 e. The van der Waals surface area contributed by atoms with Gasteiger partial charge in [-0.05, 0) is 6.04 Å². The van der Waals surface area contributed by atoms with Crippen LogP contribution in [0.1, 0.15) is 13.8 Å². The first-order chi connectivity index (χ1) is 7.62. The van der Waals surface area contributed by atoms with Crippen molar-refractivity contribution >= 4 is 5.97 Å². The summed E-state index contributed by atoms with van der Waals surface area (Å²) in [7, 11) is 0. The van der Waals surface area contributed by atoms with Gasteiger partial charge in [0.1, 0.15) is 5.75 Å². The summed E-state index contributed by atoms with van der Waals surface area (Å²) in [6.07, 6.45) is -3.10. The van der Waals surface area contributed by atoms with Crippen molar-refractivity contribution in [2.45, 2.75) is 6.37 Å². The molecule has 58 valence electrons. The fourth-order valence-electron chi connectivity index (χ4n) is 0.503. The molecule has 1 rings (SSSR count). The zero-order valence-corrected chi connectivity index (χ0v) is 5.30. The number of carboxylic acid groups (broad SMARTS) is 1. The van der Waals surface area contributed by atoms with Gasteiger partial charge in [0, 0.05) is 8.30 Å². The van der Waals surface area contributed by atoms with Crippen LogP contribution in [-0.4, -0.2) is 16.2 Å². The Kier molecular flexibility index (Phi) is 0.791. The predicted molar refractivity (Wildman–Crippen MR) is 39.4 cm³/mol. The normalized spacial score (nSPS) is 18.5. The number of carboxylic acids is 1. The zero-order valence-electron chi connectivity index (χ0n) is 11.3. The second-order valence-corrected chi connectivity index (χ2v) is 1.65. The Labute approximate surface area is 72.3 Å². The van der Waals surface area contributed by atoms with Gasteiger partial charge >= 0.3 is 5.97 Å². The number of phenolic OH excluding ortho intramolecular Hbond substituents is 1. The third-order valence-corrected chi connectivity index (χ3v) is 0.900. The van der Waals surface area contributed by atoms with E-state index in [0.717, 1.165) is 0 Å². The zero-order chi connectivity index (χ0) is 13.5. The third-order valence-electron chi connectivity index (χ3n) is 0.900. The van der Waals surface area contributed by atoms with Crippen LogP contribution in [0.15, 0.2) is 24.2 Å². The number of rotatable bonds is 2. The summed E-state index contributed by atoms with van der Waals surface area (Å²) in [5, 5.41) is 18.1. The first kappa shape index (κ1) is 2.85. The summed E-state index contributed by atoms with van der Waals surface area (Å²) in [5.41, 5.74) is -0.976. The van der Waals surface area contributed by atoms with Gasteiger partial charge in [-0.25, -0.2) is 0 Å². The Morgan fingerprint density at radius 2 is 2.27 bits per heavy atom. The first-order valence-electron chi connectivity index (χ1n) is 5.65. The van der Waals surface area contributed by atoms with E-state index in [2.05, 4.69) is 0 Å². The molecule has 0 radical (unpaired) electrons. The molecule has 0 saturated carbocycles. The highest BCUT2D eigenvalue weighted by Gasteiger charge is 2.03. The van der Waals surface area contributed by atoms with Crippen molar-refractivity contribution in [2.24, 2.45) is 0 Å². The fraction of sp³-hybridized carbons (Fsp3) is 0.125. The molecule has 0 amide bonds. The molecule has 0 aliphatic heterocycles. The number of aromatic hydroxyl groups is 1. The number of aliphatic carboxylic acids is 1. The number of hydrogen-bond acceptors (Lipinski definition) is 2. The predicted octanol–water partition coefficient (Wildman–Crippen LogP) is 1.02. The van der Waals surface area contributed by atoms with Crippen molar-refractivity contribution in [1.29, 1.82) is 0 Å². The van der Waals surface area contributed by atoms with Crippen LogP contribution in [0, 0.1) is 0 Å². The van der Waals surface area contributed by atoms with Crippen molar-refractivity contribution in [1.82, 2.24) is 0 Å². The van der Waals surface area contributed by atoms with Gasteiger partial charge in [-0.1, -0.05) is 18.1 Å². The Balaban J connectivity index is 3.72. The minimum atomic E-state index is -3.10. The molecule has 0 aliphatic carbocycles. The summed E-state index contributed by atoms with van der Waals surface area (Å²) >= 11 is 0. The summed E-state index contributed by atoms with van der Waals surface area (Å²) in [6, 6.07) is -3.33. The molecule has 0 heterocycles. The molecule has 3 heteroatoms. The van der Waals surface area contributed by atoms with Gasteiger partial charge in [0.2, 0.25) is 0 Å². The van der Waals surface area contributed by atoms with Crippen molar-refractivity contribution in [2.75, 3.05) is 0 Å². The van der Waals surface area contributed by atoms with Crippen LogP contribution in [0.3, 0.4) is 0 Å². The van der Waals surface area contributed by atoms with Crippen molar-refractivity contribution < 1.29 is 23.2 Å².